The number of nitrogens with one attached hydrogen (secondary N) is 1. The molecule has 0 unspecified atom stereocenters. The van der Waals surface area contributed by atoms with Crippen LogP contribution in [0.2, 0.25) is 0 Å². The first-order valence-corrected chi connectivity index (χ1v) is 7.74. The smallest absolute Gasteiger partial charge is 0.406 e. The number of ether oxygens (including phenoxy) is 1. The van der Waals surface area contributed by atoms with Crippen molar-refractivity contribution in [1.82, 2.24) is 5.32 Å². The third kappa shape index (κ3) is 6.23. The molecule has 0 saturated carbocycles. The van der Waals surface area contributed by atoms with Gasteiger partial charge < -0.3 is 10.1 Å². The molecule has 122 valence electrons. The second-order valence-corrected chi connectivity index (χ2v) is 5.66. The van der Waals surface area contributed by atoms with Gasteiger partial charge in [-0.05, 0) is 36.4 Å². The normalized spacial score (nSPS) is 11.1. The van der Waals surface area contributed by atoms with E-state index in [4.69, 9.17) is 0 Å². The summed E-state index contributed by atoms with van der Waals surface area (Å²) in [5, 5.41) is 2.71. The molecule has 0 saturated heterocycles. The molecule has 0 fully saturated rings. The minimum atomic E-state index is -4.74. The van der Waals surface area contributed by atoms with Crippen LogP contribution in [-0.4, -0.2) is 24.6 Å². The third-order valence-corrected chi connectivity index (χ3v) is 3.76. The fraction of sp³-hybridized carbons (Fsp3) is 0.188. The predicted molar refractivity (Wildman–Crippen MR) is 82.6 cm³/mol. The van der Waals surface area contributed by atoms with Gasteiger partial charge in [-0.3, -0.25) is 4.79 Å². The number of halogens is 3. The van der Waals surface area contributed by atoms with Crippen LogP contribution in [0.3, 0.4) is 0 Å². The second kappa shape index (κ2) is 7.92. The molecule has 7 heteroatoms. The molecule has 1 amide bonds. The fourth-order valence-electron chi connectivity index (χ4n) is 1.76. The van der Waals surface area contributed by atoms with Crippen LogP contribution in [0.4, 0.5) is 13.2 Å². The molecule has 0 atom stereocenters. The number of rotatable bonds is 6. The molecule has 0 aliphatic carbocycles. The largest absolute Gasteiger partial charge is 0.573 e. The molecule has 3 nitrogen and oxygen atoms in total. The van der Waals surface area contributed by atoms with Crippen LogP contribution in [-0.2, 0) is 0 Å². The van der Waals surface area contributed by atoms with Gasteiger partial charge in [0, 0.05) is 22.8 Å². The van der Waals surface area contributed by atoms with E-state index in [0.29, 0.717) is 12.3 Å². The highest BCUT2D eigenvalue weighted by Gasteiger charge is 2.31. The number of hydrogen-bond donors (Lipinski definition) is 1. The molecule has 0 bridgehead atoms. The van der Waals surface area contributed by atoms with Crippen molar-refractivity contribution in [3.8, 4) is 5.75 Å². The first-order chi connectivity index (χ1) is 10.9. The molecule has 1 N–H and O–H groups in total. The summed E-state index contributed by atoms with van der Waals surface area (Å²) in [7, 11) is 0. The molecular formula is C16H14F3NO2S. The number of amides is 1. The van der Waals surface area contributed by atoms with Gasteiger partial charge in [-0.25, -0.2) is 0 Å². The summed E-state index contributed by atoms with van der Waals surface area (Å²) >= 11 is 1.61. The molecule has 2 aromatic carbocycles. The standard InChI is InChI=1S/C16H14F3NO2S/c17-16(18,19)22-13-8-6-12(7-9-13)15(21)20-10-11-23-14-4-2-1-3-5-14/h1-9H,10-11H2,(H,20,21). The van der Waals surface area contributed by atoms with Crippen molar-refractivity contribution >= 4 is 17.7 Å². The quantitative estimate of drug-likeness (QED) is 0.635. The topological polar surface area (TPSA) is 38.3 Å². The number of thioether (sulfide) groups is 1. The molecule has 0 radical (unpaired) electrons. The summed E-state index contributed by atoms with van der Waals surface area (Å²) in [5.74, 6) is 0.0104. The lowest BCUT2D eigenvalue weighted by Gasteiger charge is -2.09. The molecule has 0 aromatic heterocycles. The summed E-state index contributed by atoms with van der Waals surface area (Å²) in [6, 6.07) is 14.6. The molecular weight excluding hydrogens is 327 g/mol. The maximum Gasteiger partial charge on any atom is 0.573 e. The van der Waals surface area contributed by atoms with Crippen LogP contribution in [0.1, 0.15) is 10.4 Å². The van der Waals surface area contributed by atoms with Gasteiger partial charge in [0.15, 0.2) is 0 Å². The van der Waals surface area contributed by atoms with E-state index < -0.39 is 6.36 Å². The number of benzene rings is 2. The summed E-state index contributed by atoms with van der Waals surface area (Å²) in [5.41, 5.74) is 0.282. The Labute approximate surface area is 135 Å². The number of hydrogen-bond acceptors (Lipinski definition) is 3. The van der Waals surface area contributed by atoms with E-state index in [9.17, 15) is 18.0 Å². The van der Waals surface area contributed by atoms with Gasteiger partial charge in [-0.15, -0.1) is 24.9 Å². The summed E-state index contributed by atoms with van der Waals surface area (Å²) in [6.07, 6.45) is -4.74. The SMILES string of the molecule is O=C(NCCSc1ccccc1)c1ccc(OC(F)(F)F)cc1. The fourth-order valence-corrected chi connectivity index (χ4v) is 2.55. The predicted octanol–water partition coefficient (Wildman–Crippen LogP) is 4.11. The maximum absolute atomic E-state index is 12.0. The molecule has 0 heterocycles. The van der Waals surface area contributed by atoms with Crippen LogP contribution in [0.25, 0.3) is 0 Å². The lowest BCUT2D eigenvalue weighted by atomic mass is 10.2. The van der Waals surface area contributed by atoms with Gasteiger partial charge >= 0.3 is 6.36 Å². The van der Waals surface area contributed by atoms with Crippen LogP contribution in [0.15, 0.2) is 59.5 Å². The highest BCUT2D eigenvalue weighted by atomic mass is 32.2. The molecule has 0 aliphatic rings. The first kappa shape index (κ1) is 17.2. The minimum Gasteiger partial charge on any atom is -0.406 e. The molecule has 2 rings (SSSR count). The van der Waals surface area contributed by atoms with E-state index in [-0.39, 0.29) is 17.2 Å². The highest BCUT2D eigenvalue weighted by Crippen LogP contribution is 2.22. The maximum atomic E-state index is 12.0. The van der Waals surface area contributed by atoms with Crippen LogP contribution < -0.4 is 10.1 Å². The number of carbonyl (C=O) groups excluding carboxylic acids is 1. The van der Waals surface area contributed by atoms with Crippen LogP contribution in [0, 0.1) is 0 Å². The molecule has 0 spiro atoms. The Morgan fingerprint density at radius 3 is 2.30 bits per heavy atom. The van der Waals surface area contributed by atoms with Gasteiger partial charge in [0.2, 0.25) is 0 Å². The van der Waals surface area contributed by atoms with Crippen molar-refractivity contribution in [3.63, 3.8) is 0 Å². The Kier molecular flexibility index (Phi) is 5.92. The van der Waals surface area contributed by atoms with Crippen molar-refractivity contribution in [2.75, 3.05) is 12.3 Å². The molecule has 0 aliphatic heterocycles. The van der Waals surface area contributed by atoms with Gasteiger partial charge in [0.25, 0.3) is 5.91 Å². The van der Waals surface area contributed by atoms with Crippen molar-refractivity contribution in [2.45, 2.75) is 11.3 Å². The molecule has 23 heavy (non-hydrogen) atoms. The summed E-state index contributed by atoms with van der Waals surface area (Å²) in [6.45, 7) is 0.458. The van der Waals surface area contributed by atoms with Crippen molar-refractivity contribution in [2.24, 2.45) is 0 Å². The van der Waals surface area contributed by atoms with E-state index >= 15 is 0 Å². The summed E-state index contributed by atoms with van der Waals surface area (Å²) < 4.78 is 39.9. The average Bonchev–Trinajstić information content (AvgIpc) is 2.51. The zero-order chi connectivity index (χ0) is 16.7. The van der Waals surface area contributed by atoms with E-state index in [1.165, 1.54) is 12.1 Å². The lowest BCUT2D eigenvalue weighted by molar-refractivity contribution is -0.274. The Hall–Kier alpha value is -2.15. The minimum absolute atomic E-state index is 0.282. The Morgan fingerprint density at radius 2 is 1.70 bits per heavy atom. The monoisotopic (exact) mass is 341 g/mol. The number of carbonyl (C=O) groups is 1. The zero-order valence-electron chi connectivity index (χ0n) is 12.0. The van der Waals surface area contributed by atoms with Gasteiger partial charge in [0.05, 0.1) is 0 Å². The summed E-state index contributed by atoms with van der Waals surface area (Å²) in [4.78, 5) is 13.0. The van der Waals surface area contributed by atoms with E-state index in [1.54, 1.807) is 11.8 Å². The molecule has 2 aromatic rings. The van der Waals surface area contributed by atoms with Crippen molar-refractivity contribution in [1.29, 1.82) is 0 Å². The van der Waals surface area contributed by atoms with E-state index in [0.717, 1.165) is 17.0 Å². The highest BCUT2D eigenvalue weighted by molar-refractivity contribution is 7.99. The Balaban J connectivity index is 1.77. The lowest BCUT2D eigenvalue weighted by Crippen LogP contribution is -2.25. The van der Waals surface area contributed by atoms with Crippen molar-refractivity contribution in [3.05, 3.63) is 60.2 Å². The van der Waals surface area contributed by atoms with Gasteiger partial charge in [-0.1, -0.05) is 18.2 Å². The van der Waals surface area contributed by atoms with Crippen LogP contribution >= 0.6 is 11.8 Å². The Morgan fingerprint density at radius 1 is 1.04 bits per heavy atom. The zero-order valence-corrected chi connectivity index (χ0v) is 12.8. The first-order valence-electron chi connectivity index (χ1n) is 6.76. The van der Waals surface area contributed by atoms with E-state index in [2.05, 4.69) is 10.1 Å². The van der Waals surface area contributed by atoms with Crippen molar-refractivity contribution < 1.29 is 22.7 Å². The van der Waals surface area contributed by atoms with E-state index in [1.807, 2.05) is 30.3 Å². The van der Waals surface area contributed by atoms with Gasteiger partial charge in [-0.2, -0.15) is 0 Å². The second-order valence-electron chi connectivity index (χ2n) is 4.49. The number of alkyl halides is 3. The van der Waals surface area contributed by atoms with Gasteiger partial charge in [0.1, 0.15) is 5.75 Å². The third-order valence-electron chi connectivity index (χ3n) is 2.75. The Bertz CT molecular complexity index is 630. The van der Waals surface area contributed by atoms with Crippen LogP contribution in [0.5, 0.6) is 5.75 Å². The average molecular weight is 341 g/mol.